The first kappa shape index (κ1) is 20.2. The molecule has 0 saturated carbocycles. The number of rotatable bonds is 4. The lowest BCUT2D eigenvalue weighted by atomic mass is 9.76. The highest BCUT2D eigenvalue weighted by molar-refractivity contribution is 7.99. The molecule has 3 aromatic rings. The van der Waals surface area contributed by atoms with Gasteiger partial charge in [-0.1, -0.05) is 24.3 Å². The molecule has 31 heavy (non-hydrogen) atoms. The van der Waals surface area contributed by atoms with Crippen molar-refractivity contribution in [3.63, 3.8) is 0 Å². The number of aryl methyl sites for hydroxylation is 1. The number of piperidine rings is 1. The second-order valence-corrected chi connectivity index (χ2v) is 9.52. The number of aromatic nitrogens is 4. The molecule has 1 spiro atoms. The van der Waals surface area contributed by atoms with Crippen molar-refractivity contribution in [1.82, 2.24) is 19.9 Å². The summed E-state index contributed by atoms with van der Waals surface area (Å²) >= 11 is 1.39. The summed E-state index contributed by atoms with van der Waals surface area (Å²) in [5, 5.41) is 11.5. The van der Waals surface area contributed by atoms with Gasteiger partial charge in [-0.15, -0.1) is 0 Å². The Morgan fingerprint density at radius 3 is 2.42 bits per heavy atom. The third-order valence-electron chi connectivity index (χ3n) is 6.45. The van der Waals surface area contributed by atoms with Crippen LogP contribution in [0, 0.1) is 12.3 Å². The summed E-state index contributed by atoms with van der Waals surface area (Å²) in [6.07, 6.45) is 6.23. The van der Waals surface area contributed by atoms with Crippen molar-refractivity contribution in [1.29, 1.82) is 0 Å². The average molecular weight is 435 g/mol. The summed E-state index contributed by atoms with van der Waals surface area (Å²) in [5.41, 5.74) is 10.5. The summed E-state index contributed by atoms with van der Waals surface area (Å²) in [5.74, 6) is 1.03. The number of hydrogen-bond acceptors (Lipinski definition) is 8. The largest absolute Gasteiger partial charge is 0.390 e. The monoisotopic (exact) mass is 434 g/mol. The van der Waals surface area contributed by atoms with Gasteiger partial charge in [0, 0.05) is 19.3 Å². The van der Waals surface area contributed by atoms with E-state index in [0.717, 1.165) is 42.5 Å². The van der Waals surface area contributed by atoms with Gasteiger partial charge < -0.3 is 15.7 Å². The minimum atomic E-state index is -0.144. The molecule has 1 aliphatic carbocycles. The number of benzene rings is 1. The minimum absolute atomic E-state index is 0.144. The molecular weight excluding hydrogens is 408 g/mol. The molecule has 5 rings (SSSR count). The molecule has 1 saturated heterocycles. The normalized spacial score (nSPS) is 17.2. The summed E-state index contributed by atoms with van der Waals surface area (Å²) < 4.78 is 0. The summed E-state index contributed by atoms with van der Waals surface area (Å²) in [4.78, 5) is 20.0. The quantitative estimate of drug-likeness (QED) is 0.604. The molecule has 2 aliphatic rings. The number of anilines is 2. The fourth-order valence-electron chi connectivity index (χ4n) is 4.81. The van der Waals surface area contributed by atoms with Gasteiger partial charge in [0.1, 0.15) is 15.7 Å². The van der Waals surface area contributed by atoms with Crippen LogP contribution < -0.4 is 10.6 Å². The van der Waals surface area contributed by atoms with Gasteiger partial charge in [0.05, 0.1) is 12.3 Å². The van der Waals surface area contributed by atoms with Gasteiger partial charge in [-0.05, 0) is 67.0 Å². The van der Waals surface area contributed by atoms with Gasteiger partial charge in [0.2, 0.25) is 5.95 Å². The molecule has 160 valence electrons. The number of nitrogen functional groups attached to an aromatic ring is 1. The molecule has 0 unspecified atom stereocenters. The molecule has 3 N–H and O–H groups in total. The van der Waals surface area contributed by atoms with Gasteiger partial charge in [-0.25, -0.2) is 19.9 Å². The summed E-state index contributed by atoms with van der Waals surface area (Å²) in [6, 6.07) is 10.6. The Labute approximate surface area is 186 Å². The maximum Gasteiger partial charge on any atom is 0.221 e. The van der Waals surface area contributed by atoms with E-state index < -0.39 is 0 Å². The highest BCUT2D eigenvalue weighted by Gasteiger charge is 2.40. The van der Waals surface area contributed by atoms with E-state index in [1.165, 1.54) is 35.7 Å². The zero-order chi connectivity index (χ0) is 21.4. The molecule has 8 heteroatoms. The Bertz CT molecular complexity index is 1090. The van der Waals surface area contributed by atoms with Crippen LogP contribution in [0.5, 0.6) is 0 Å². The van der Waals surface area contributed by atoms with Crippen molar-refractivity contribution in [3.8, 4) is 0 Å². The van der Waals surface area contributed by atoms with Gasteiger partial charge in [-0.3, -0.25) is 0 Å². The Morgan fingerprint density at radius 1 is 1.06 bits per heavy atom. The zero-order valence-electron chi connectivity index (χ0n) is 17.6. The van der Waals surface area contributed by atoms with Crippen molar-refractivity contribution in [2.75, 3.05) is 23.7 Å². The first-order valence-electron chi connectivity index (χ1n) is 10.6. The highest BCUT2D eigenvalue weighted by atomic mass is 32.2. The van der Waals surface area contributed by atoms with Crippen molar-refractivity contribution in [2.45, 2.75) is 49.3 Å². The van der Waals surface area contributed by atoms with E-state index in [1.54, 1.807) is 12.3 Å². The number of nitrogens with two attached hydrogens (primary N) is 1. The minimum Gasteiger partial charge on any atom is -0.390 e. The van der Waals surface area contributed by atoms with Crippen LogP contribution in [0.3, 0.4) is 0 Å². The first-order valence-corrected chi connectivity index (χ1v) is 11.4. The number of nitrogens with zero attached hydrogens (tertiary/aromatic N) is 5. The maximum absolute atomic E-state index is 10.0. The Hall–Kier alpha value is -2.71. The molecule has 1 fully saturated rings. The Kier molecular flexibility index (Phi) is 5.27. The SMILES string of the molecule is Cc1nc(N2CCC3(CC2)Cc2ccccc2C3)c(CO)nc1Sc1ccnc(N)n1. The Balaban J connectivity index is 1.33. The van der Waals surface area contributed by atoms with E-state index in [0.29, 0.717) is 16.1 Å². The number of fused-ring (bicyclic) bond motifs is 1. The van der Waals surface area contributed by atoms with E-state index in [9.17, 15) is 5.11 Å². The predicted octanol–water partition coefficient (Wildman–Crippen LogP) is 3.19. The van der Waals surface area contributed by atoms with E-state index in [1.807, 2.05) is 6.92 Å². The van der Waals surface area contributed by atoms with Crippen LogP contribution in [-0.2, 0) is 19.4 Å². The van der Waals surface area contributed by atoms with Gasteiger partial charge >= 0.3 is 0 Å². The molecule has 0 bridgehead atoms. The molecule has 1 aliphatic heterocycles. The van der Waals surface area contributed by atoms with Gasteiger partial charge in [0.25, 0.3) is 0 Å². The lowest BCUT2D eigenvalue weighted by Gasteiger charge is -2.40. The lowest BCUT2D eigenvalue weighted by Crippen LogP contribution is -2.41. The van der Waals surface area contributed by atoms with Crippen LogP contribution in [0.1, 0.15) is 35.4 Å². The molecule has 7 nitrogen and oxygen atoms in total. The zero-order valence-corrected chi connectivity index (χ0v) is 18.4. The van der Waals surface area contributed by atoms with Gasteiger partial charge in [0.15, 0.2) is 5.82 Å². The number of aliphatic hydroxyl groups is 1. The van der Waals surface area contributed by atoms with Crippen molar-refractivity contribution < 1.29 is 5.11 Å². The Morgan fingerprint density at radius 2 is 1.77 bits per heavy atom. The average Bonchev–Trinajstić information content (AvgIpc) is 3.13. The summed E-state index contributed by atoms with van der Waals surface area (Å²) in [6.45, 7) is 3.67. The number of hydrogen-bond donors (Lipinski definition) is 2. The van der Waals surface area contributed by atoms with Crippen LogP contribution >= 0.6 is 11.8 Å². The van der Waals surface area contributed by atoms with Crippen molar-refractivity contribution in [2.24, 2.45) is 5.41 Å². The highest BCUT2D eigenvalue weighted by Crippen LogP contribution is 2.45. The molecule has 0 atom stereocenters. The van der Waals surface area contributed by atoms with Crippen LogP contribution in [0.2, 0.25) is 0 Å². The summed E-state index contributed by atoms with van der Waals surface area (Å²) in [7, 11) is 0. The molecule has 0 amide bonds. The third-order valence-corrected chi connectivity index (χ3v) is 7.47. The first-order chi connectivity index (χ1) is 15.0. The van der Waals surface area contributed by atoms with E-state index in [4.69, 9.17) is 15.7 Å². The fourth-order valence-corrected chi connectivity index (χ4v) is 5.63. The lowest BCUT2D eigenvalue weighted by molar-refractivity contribution is 0.230. The molecule has 3 heterocycles. The molecule has 2 aromatic heterocycles. The topological polar surface area (TPSA) is 101 Å². The predicted molar refractivity (Wildman–Crippen MR) is 121 cm³/mol. The number of aliphatic hydroxyl groups excluding tert-OH is 1. The van der Waals surface area contributed by atoms with E-state index >= 15 is 0 Å². The van der Waals surface area contributed by atoms with E-state index in [-0.39, 0.29) is 12.6 Å². The van der Waals surface area contributed by atoms with Crippen LogP contribution in [-0.4, -0.2) is 38.1 Å². The molecule has 1 aromatic carbocycles. The van der Waals surface area contributed by atoms with Crippen LogP contribution in [0.15, 0.2) is 46.6 Å². The fraction of sp³-hybridized carbons (Fsp3) is 0.391. The second-order valence-electron chi connectivity index (χ2n) is 8.51. The second kappa shape index (κ2) is 8.09. The third kappa shape index (κ3) is 3.97. The van der Waals surface area contributed by atoms with Crippen LogP contribution in [0.4, 0.5) is 11.8 Å². The standard InChI is InChI=1S/C23H26N6OS/c1-15-21(31-19-6-9-25-22(24)28-19)27-18(14-30)20(26-15)29-10-7-23(8-11-29)12-16-4-2-3-5-17(16)13-23/h2-6,9,30H,7-8,10-14H2,1H3,(H2,24,25,28). The molecular formula is C23H26N6OS. The van der Waals surface area contributed by atoms with Crippen LogP contribution in [0.25, 0.3) is 0 Å². The van der Waals surface area contributed by atoms with Crippen molar-refractivity contribution >= 4 is 23.5 Å². The maximum atomic E-state index is 10.0. The van der Waals surface area contributed by atoms with Crippen molar-refractivity contribution in [3.05, 3.63) is 59.0 Å². The van der Waals surface area contributed by atoms with Gasteiger partial charge in [-0.2, -0.15) is 0 Å². The molecule has 0 radical (unpaired) electrons. The van der Waals surface area contributed by atoms with E-state index in [2.05, 4.69) is 39.1 Å². The smallest absolute Gasteiger partial charge is 0.221 e.